The number of imide groups is 2. The average Bonchev–Trinajstić information content (AvgIpc) is 3.38. The van der Waals surface area contributed by atoms with E-state index in [0.29, 0.717) is 24.4 Å². The lowest BCUT2D eigenvalue weighted by Gasteiger charge is -2.50. The van der Waals surface area contributed by atoms with Gasteiger partial charge < -0.3 is 10.0 Å². The third-order valence-electron chi connectivity index (χ3n) is 7.90. The van der Waals surface area contributed by atoms with Gasteiger partial charge in [-0.2, -0.15) is 0 Å². The van der Waals surface area contributed by atoms with Gasteiger partial charge in [-0.15, -0.1) is 0 Å². The van der Waals surface area contributed by atoms with Crippen molar-refractivity contribution in [1.82, 2.24) is 18.9 Å². The molecule has 1 spiro atoms. The van der Waals surface area contributed by atoms with Crippen LogP contribution in [0.4, 0.5) is 16.2 Å². The summed E-state index contributed by atoms with van der Waals surface area (Å²) in [7, 11) is 5.92. The Hall–Kier alpha value is -3.80. The van der Waals surface area contributed by atoms with Crippen molar-refractivity contribution in [3.05, 3.63) is 44.5 Å². The molecule has 0 bridgehead atoms. The van der Waals surface area contributed by atoms with E-state index in [2.05, 4.69) is 9.89 Å². The van der Waals surface area contributed by atoms with Gasteiger partial charge in [-0.25, -0.2) is 4.79 Å². The van der Waals surface area contributed by atoms with E-state index in [1.165, 1.54) is 30.3 Å². The molecule has 3 aliphatic rings. The van der Waals surface area contributed by atoms with Crippen molar-refractivity contribution in [3.63, 3.8) is 0 Å². The van der Waals surface area contributed by atoms with Crippen molar-refractivity contribution < 1.29 is 19.5 Å². The molecule has 194 valence electrons. The third kappa shape index (κ3) is 3.31. The molecule has 1 atom stereocenters. The van der Waals surface area contributed by atoms with Gasteiger partial charge in [0.15, 0.2) is 10.2 Å². The lowest BCUT2D eigenvalue weighted by molar-refractivity contribution is -0.159. The first kappa shape index (κ1) is 24.9. The standard InChI is InChI=1S/C25H28N6O5S/c1-13(18-19(32)27(2)24(37)28(3)20(18)33)26-15-8-9-16-14(11-15)12-25(17-7-6-10-31(16)17)21(34)29(4)23(36)30(5)22(25)35/h8-9,11,17,32H,6-7,10,12H2,1-5H3/t17-/m1/s1. The molecule has 0 radical (unpaired) electrons. The first-order valence-corrected chi connectivity index (χ1v) is 12.4. The molecule has 37 heavy (non-hydrogen) atoms. The molecule has 0 saturated carbocycles. The highest BCUT2D eigenvalue weighted by molar-refractivity contribution is 7.71. The van der Waals surface area contributed by atoms with Crippen LogP contribution in [0.25, 0.3) is 0 Å². The summed E-state index contributed by atoms with van der Waals surface area (Å²) >= 11 is 5.19. The van der Waals surface area contributed by atoms with Crippen LogP contribution in [0.3, 0.4) is 0 Å². The van der Waals surface area contributed by atoms with E-state index in [9.17, 15) is 24.3 Å². The quantitative estimate of drug-likeness (QED) is 0.362. The van der Waals surface area contributed by atoms with Gasteiger partial charge in [-0.05, 0) is 62.2 Å². The Morgan fingerprint density at radius 2 is 1.70 bits per heavy atom. The maximum Gasteiger partial charge on any atom is 0.332 e. The van der Waals surface area contributed by atoms with Gasteiger partial charge in [-0.3, -0.25) is 38.3 Å². The van der Waals surface area contributed by atoms with Crippen LogP contribution >= 0.6 is 12.2 Å². The summed E-state index contributed by atoms with van der Waals surface area (Å²) in [6, 6.07) is 4.54. The molecule has 2 aromatic rings. The number of aromatic nitrogens is 2. The second-order valence-corrected chi connectivity index (χ2v) is 10.3. The second kappa shape index (κ2) is 8.37. The summed E-state index contributed by atoms with van der Waals surface area (Å²) in [5.41, 5.74) is 0.646. The lowest BCUT2D eigenvalue weighted by Crippen LogP contribution is -2.70. The number of aliphatic imine (C=N–C) groups is 1. The number of urea groups is 1. The number of rotatable bonds is 2. The van der Waals surface area contributed by atoms with Gasteiger partial charge in [-0.1, -0.05) is 0 Å². The van der Waals surface area contributed by atoms with Gasteiger partial charge in [0, 0.05) is 40.4 Å². The van der Waals surface area contributed by atoms with Gasteiger partial charge in [0.2, 0.25) is 17.7 Å². The summed E-state index contributed by atoms with van der Waals surface area (Å²) < 4.78 is 2.78. The van der Waals surface area contributed by atoms with Crippen molar-refractivity contribution in [1.29, 1.82) is 0 Å². The Labute approximate surface area is 218 Å². The van der Waals surface area contributed by atoms with Crippen LogP contribution in [0, 0.1) is 10.2 Å². The Kier molecular flexibility index (Phi) is 5.63. The van der Waals surface area contributed by atoms with E-state index in [1.807, 2.05) is 12.1 Å². The number of carbonyl (C=O) groups is 3. The number of barbiturate groups is 1. The van der Waals surface area contributed by atoms with E-state index in [0.717, 1.165) is 27.5 Å². The molecule has 3 aliphatic heterocycles. The van der Waals surface area contributed by atoms with Crippen molar-refractivity contribution in [2.75, 3.05) is 25.5 Å². The number of hydrogen-bond acceptors (Lipinski definition) is 8. The molecule has 2 fully saturated rings. The number of fused-ring (bicyclic) bond motifs is 4. The Morgan fingerprint density at radius 3 is 2.35 bits per heavy atom. The van der Waals surface area contributed by atoms with Crippen LogP contribution in [0.15, 0.2) is 28.0 Å². The fourth-order valence-electron chi connectivity index (χ4n) is 5.97. The number of hydrogen-bond donors (Lipinski definition) is 1. The first-order valence-electron chi connectivity index (χ1n) is 12.0. The molecular weight excluding hydrogens is 496 g/mol. The highest BCUT2D eigenvalue weighted by Crippen LogP contribution is 2.49. The Balaban J connectivity index is 1.62. The zero-order chi connectivity index (χ0) is 27.0. The van der Waals surface area contributed by atoms with Crippen LogP contribution in [0.5, 0.6) is 5.88 Å². The van der Waals surface area contributed by atoms with E-state index in [-0.39, 0.29) is 28.7 Å². The molecular formula is C25H28N6O5S. The van der Waals surface area contributed by atoms with Crippen LogP contribution in [0.2, 0.25) is 0 Å². The molecule has 0 aliphatic carbocycles. The first-order chi connectivity index (χ1) is 17.4. The van der Waals surface area contributed by atoms with Crippen LogP contribution in [-0.2, 0) is 30.1 Å². The van der Waals surface area contributed by atoms with Crippen LogP contribution in [0.1, 0.15) is 30.9 Å². The summed E-state index contributed by atoms with van der Waals surface area (Å²) in [6.07, 6.45) is 1.63. The SMILES string of the molecule is CC(=Nc1ccc2c(c1)CC1(C(=O)N(C)C(=O)N(C)C1=O)[C@H]1CCCN21)c1c(O)n(C)c(=S)n(C)c1=O. The van der Waals surface area contributed by atoms with E-state index >= 15 is 0 Å². The largest absolute Gasteiger partial charge is 0.494 e. The fourth-order valence-corrected chi connectivity index (χ4v) is 6.14. The predicted molar refractivity (Wildman–Crippen MR) is 139 cm³/mol. The highest BCUT2D eigenvalue weighted by atomic mass is 32.1. The minimum atomic E-state index is -1.40. The molecule has 5 rings (SSSR count). The van der Waals surface area contributed by atoms with Gasteiger partial charge in [0.05, 0.1) is 17.4 Å². The average molecular weight is 525 g/mol. The van der Waals surface area contributed by atoms with Crippen LogP contribution in [-0.4, -0.2) is 74.3 Å². The fraction of sp³-hybridized carbons (Fsp3) is 0.440. The number of aromatic hydroxyl groups is 1. The highest BCUT2D eigenvalue weighted by Gasteiger charge is 2.63. The topological polar surface area (TPSA) is 120 Å². The van der Waals surface area contributed by atoms with Gasteiger partial charge in [0.1, 0.15) is 5.56 Å². The summed E-state index contributed by atoms with van der Waals surface area (Å²) in [6.45, 7) is 2.32. The monoisotopic (exact) mass is 524 g/mol. The minimum Gasteiger partial charge on any atom is -0.494 e. The van der Waals surface area contributed by atoms with Crippen LogP contribution < -0.4 is 10.5 Å². The molecule has 12 heteroatoms. The zero-order valence-corrected chi connectivity index (χ0v) is 22.1. The smallest absolute Gasteiger partial charge is 0.332 e. The van der Waals surface area contributed by atoms with E-state index in [1.54, 1.807) is 20.0 Å². The normalized spacial score (nSPS) is 21.1. The third-order valence-corrected chi connectivity index (χ3v) is 8.45. The Bertz CT molecular complexity index is 1520. The molecule has 2 saturated heterocycles. The summed E-state index contributed by atoms with van der Waals surface area (Å²) in [4.78, 5) is 61.2. The maximum atomic E-state index is 13.6. The number of carbonyl (C=O) groups excluding carboxylic acids is 3. The summed E-state index contributed by atoms with van der Waals surface area (Å²) in [5.74, 6) is -1.25. The minimum absolute atomic E-state index is 0.0341. The van der Waals surface area contributed by atoms with Crippen molar-refractivity contribution in [2.24, 2.45) is 24.5 Å². The van der Waals surface area contributed by atoms with Crippen molar-refractivity contribution in [3.8, 4) is 5.88 Å². The molecule has 4 amide bonds. The zero-order valence-electron chi connectivity index (χ0n) is 21.3. The van der Waals surface area contributed by atoms with E-state index in [4.69, 9.17) is 12.2 Å². The molecule has 4 heterocycles. The maximum absolute atomic E-state index is 13.6. The molecule has 1 aromatic carbocycles. The number of benzene rings is 1. The number of anilines is 1. The lowest BCUT2D eigenvalue weighted by atomic mass is 9.68. The Morgan fingerprint density at radius 1 is 1.05 bits per heavy atom. The number of nitrogens with zero attached hydrogens (tertiary/aromatic N) is 6. The van der Waals surface area contributed by atoms with Gasteiger partial charge >= 0.3 is 6.03 Å². The molecule has 0 unspecified atom stereocenters. The van der Waals surface area contributed by atoms with Crippen molar-refractivity contribution in [2.45, 2.75) is 32.2 Å². The molecule has 1 N–H and O–H groups in total. The summed E-state index contributed by atoms with van der Waals surface area (Å²) in [5, 5.41) is 10.6. The molecule has 1 aromatic heterocycles. The van der Waals surface area contributed by atoms with Gasteiger partial charge in [0.25, 0.3) is 5.56 Å². The number of amides is 4. The van der Waals surface area contributed by atoms with E-state index < -0.39 is 28.8 Å². The van der Waals surface area contributed by atoms with Crippen molar-refractivity contribution >= 4 is 47.1 Å². The second-order valence-electron chi connectivity index (χ2n) is 9.93. The molecule has 11 nitrogen and oxygen atoms in total. The predicted octanol–water partition coefficient (Wildman–Crippen LogP) is 1.86.